The number of hydrogen-bond donors (Lipinski definition) is 2. The molecule has 2 N–H and O–H groups in total. The Kier molecular flexibility index (Phi) is 6.67. The van der Waals surface area contributed by atoms with E-state index in [-0.39, 0.29) is 0 Å². The second kappa shape index (κ2) is 9.98. The van der Waals surface area contributed by atoms with Gasteiger partial charge in [0.2, 0.25) is 0 Å². The van der Waals surface area contributed by atoms with Gasteiger partial charge in [0.15, 0.2) is 5.11 Å². The Morgan fingerprint density at radius 1 is 0.938 bits per heavy atom. The van der Waals surface area contributed by atoms with Gasteiger partial charge in [0.25, 0.3) is 0 Å². The standard InChI is InChI=1S/C25H24N4O2S/c1-30-21-13-14-23(31-2)22(15-21)27-25(32)26-16-19-17-29(20-11-7-4-8-12-20)28-24(19)18-9-5-3-6-10-18/h3-15,17H,16H2,1-2H3,(H2,26,27,32). The molecule has 0 aliphatic heterocycles. The second-order valence-electron chi connectivity index (χ2n) is 7.02. The third-order valence-electron chi connectivity index (χ3n) is 4.95. The molecule has 0 bridgehead atoms. The van der Waals surface area contributed by atoms with E-state index in [1.807, 2.05) is 77.6 Å². The first-order valence-electron chi connectivity index (χ1n) is 10.1. The highest BCUT2D eigenvalue weighted by molar-refractivity contribution is 7.80. The van der Waals surface area contributed by atoms with Crippen LogP contribution in [0.15, 0.2) is 85.1 Å². The van der Waals surface area contributed by atoms with Crippen LogP contribution in [0, 0.1) is 0 Å². The Labute approximate surface area is 192 Å². The second-order valence-corrected chi connectivity index (χ2v) is 7.43. The maximum atomic E-state index is 5.54. The summed E-state index contributed by atoms with van der Waals surface area (Å²) in [6.45, 7) is 0.509. The van der Waals surface area contributed by atoms with Crippen molar-refractivity contribution in [2.45, 2.75) is 6.54 Å². The molecule has 1 heterocycles. The van der Waals surface area contributed by atoms with Crippen LogP contribution in [0.5, 0.6) is 11.5 Å². The summed E-state index contributed by atoms with van der Waals surface area (Å²) < 4.78 is 12.6. The van der Waals surface area contributed by atoms with Gasteiger partial charge >= 0.3 is 0 Å². The molecule has 0 saturated heterocycles. The average Bonchev–Trinajstić information content (AvgIpc) is 3.28. The summed E-state index contributed by atoms with van der Waals surface area (Å²) in [5.41, 5.74) is 4.71. The molecule has 0 unspecified atom stereocenters. The number of benzene rings is 3. The van der Waals surface area contributed by atoms with Gasteiger partial charge in [-0.25, -0.2) is 4.68 Å². The zero-order valence-corrected chi connectivity index (χ0v) is 18.7. The van der Waals surface area contributed by atoms with Crippen molar-refractivity contribution in [3.63, 3.8) is 0 Å². The lowest BCUT2D eigenvalue weighted by molar-refractivity contribution is 0.405. The highest BCUT2D eigenvalue weighted by atomic mass is 32.1. The molecule has 0 aliphatic rings. The Bertz CT molecular complexity index is 1190. The van der Waals surface area contributed by atoms with Gasteiger partial charge in [0.1, 0.15) is 11.5 Å². The number of rotatable bonds is 7. The minimum absolute atomic E-state index is 0.475. The minimum Gasteiger partial charge on any atom is -0.497 e. The third kappa shape index (κ3) is 4.90. The molecule has 0 fully saturated rings. The minimum atomic E-state index is 0.475. The van der Waals surface area contributed by atoms with Crippen molar-refractivity contribution in [1.82, 2.24) is 15.1 Å². The normalized spacial score (nSPS) is 10.4. The maximum absolute atomic E-state index is 5.54. The Hall–Kier alpha value is -3.84. The highest BCUT2D eigenvalue weighted by Crippen LogP contribution is 2.29. The third-order valence-corrected chi connectivity index (χ3v) is 5.20. The van der Waals surface area contributed by atoms with Crippen LogP contribution in [0.25, 0.3) is 16.9 Å². The van der Waals surface area contributed by atoms with E-state index in [4.69, 9.17) is 26.8 Å². The molecule has 6 nitrogen and oxygen atoms in total. The first-order valence-corrected chi connectivity index (χ1v) is 10.5. The Morgan fingerprint density at radius 2 is 1.66 bits per heavy atom. The fraction of sp³-hybridized carbons (Fsp3) is 0.120. The molecular weight excluding hydrogens is 420 g/mol. The molecule has 0 radical (unpaired) electrons. The number of aromatic nitrogens is 2. The van der Waals surface area contributed by atoms with E-state index in [1.165, 1.54) is 0 Å². The van der Waals surface area contributed by atoms with Gasteiger partial charge in [-0.3, -0.25) is 0 Å². The van der Waals surface area contributed by atoms with E-state index >= 15 is 0 Å². The lowest BCUT2D eigenvalue weighted by Gasteiger charge is -2.14. The molecule has 162 valence electrons. The monoisotopic (exact) mass is 444 g/mol. The lowest BCUT2D eigenvalue weighted by Crippen LogP contribution is -2.28. The van der Waals surface area contributed by atoms with Crippen molar-refractivity contribution in [3.05, 3.63) is 90.6 Å². The lowest BCUT2D eigenvalue weighted by atomic mass is 10.1. The summed E-state index contributed by atoms with van der Waals surface area (Å²) in [6.07, 6.45) is 2.03. The van der Waals surface area contributed by atoms with Crippen LogP contribution >= 0.6 is 12.2 Å². The molecule has 0 saturated carbocycles. The van der Waals surface area contributed by atoms with Crippen LogP contribution in [0.2, 0.25) is 0 Å². The predicted octanol–water partition coefficient (Wildman–Crippen LogP) is 5.04. The molecule has 1 aromatic heterocycles. The van der Waals surface area contributed by atoms with Crippen molar-refractivity contribution in [1.29, 1.82) is 0 Å². The fourth-order valence-electron chi connectivity index (χ4n) is 3.34. The van der Waals surface area contributed by atoms with Gasteiger partial charge in [-0.15, -0.1) is 0 Å². The number of nitrogens with zero attached hydrogens (tertiary/aromatic N) is 2. The van der Waals surface area contributed by atoms with Crippen LogP contribution in [0.1, 0.15) is 5.56 Å². The van der Waals surface area contributed by atoms with Gasteiger partial charge in [0, 0.05) is 29.9 Å². The van der Waals surface area contributed by atoms with E-state index < -0.39 is 0 Å². The Balaban J connectivity index is 1.55. The highest BCUT2D eigenvalue weighted by Gasteiger charge is 2.13. The van der Waals surface area contributed by atoms with Crippen molar-refractivity contribution in [3.8, 4) is 28.4 Å². The molecule has 0 aliphatic carbocycles. The number of anilines is 1. The zero-order valence-electron chi connectivity index (χ0n) is 17.9. The fourth-order valence-corrected chi connectivity index (χ4v) is 3.53. The van der Waals surface area contributed by atoms with Crippen molar-refractivity contribution >= 4 is 23.0 Å². The average molecular weight is 445 g/mol. The molecule has 4 aromatic rings. The molecule has 7 heteroatoms. The smallest absolute Gasteiger partial charge is 0.171 e. The van der Waals surface area contributed by atoms with Crippen LogP contribution in [0.3, 0.4) is 0 Å². The Morgan fingerprint density at radius 3 is 2.34 bits per heavy atom. The van der Waals surface area contributed by atoms with Crippen molar-refractivity contribution < 1.29 is 9.47 Å². The summed E-state index contributed by atoms with van der Waals surface area (Å²) in [5, 5.41) is 11.8. The largest absolute Gasteiger partial charge is 0.497 e. The predicted molar refractivity (Wildman–Crippen MR) is 132 cm³/mol. The maximum Gasteiger partial charge on any atom is 0.171 e. The number of thiocarbonyl (C=S) groups is 1. The van der Waals surface area contributed by atoms with Gasteiger partial charge < -0.3 is 20.1 Å². The number of para-hydroxylation sites is 1. The number of methoxy groups -OCH3 is 2. The summed E-state index contributed by atoms with van der Waals surface area (Å²) in [5.74, 6) is 1.39. The summed E-state index contributed by atoms with van der Waals surface area (Å²) in [6, 6.07) is 25.7. The zero-order chi connectivity index (χ0) is 22.3. The molecule has 0 spiro atoms. The van der Waals surface area contributed by atoms with Crippen LogP contribution in [0.4, 0.5) is 5.69 Å². The van der Waals surface area contributed by atoms with Gasteiger partial charge in [-0.05, 0) is 36.5 Å². The molecule has 3 aromatic carbocycles. The molecule has 0 amide bonds. The van der Waals surface area contributed by atoms with E-state index in [0.29, 0.717) is 23.2 Å². The summed E-state index contributed by atoms with van der Waals surface area (Å²) >= 11 is 5.54. The first kappa shape index (κ1) is 21.4. The number of nitrogens with one attached hydrogen (secondary N) is 2. The van der Waals surface area contributed by atoms with E-state index in [9.17, 15) is 0 Å². The molecule has 4 rings (SSSR count). The van der Waals surface area contributed by atoms with Crippen molar-refractivity contribution in [2.75, 3.05) is 19.5 Å². The van der Waals surface area contributed by atoms with E-state index in [2.05, 4.69) is 22.8 Å². The van der Waals surface area contributed by atoms with Gasteiger partial charge in [-0.2, -0.15) is 5.10 Å². The van der Waals surface area contributed by atoms with E-state index in [0.717, 1.165) is 28.2 Å². The quantitative estimate of drug-likeness (QED) is 0.389. The summed E-state index contributed by atoms with van der Waals surface area (Å²) in [7, 11) is 3.24. The summed E-state index contributed by atoms with van der Waals surface area (Å²) in [4.78, 5) is 0. The van der Waals surface area contributed by atoms with Crippen LogP contribution in [-0.4, -0.2) is 29.1 Å². The topological polar surface area (TPSA) is 60.3 Å². The van der Waals surface area contributed by atoms with Crippen LogP contribution in [-0.2, 0) is 6.54 Å². The van der Waals surface area contributed by atoms with Crippen molar-refractivity contribution in [2.24, 2.45) is 0 Å². The first-order chi connectivity index (χ1) is 15.7. The SMILES string of the molecule is COc1ccc(OC)c(NC(=S)NCc2cn(-c3ccccc3)nc2-c2ccccc2)c1. The van der Waals surface area contributed by atoms with Gasteiger partial charge in [0.05, 0.1) is 31.3 Å². The van der Waals surface area contributed by atoms with Crippen LogP contribution < -0.4 is 20.1 Å². The number of hydrogen-bond acceptors (Lipinski definition) is 4. The van der Waals surface area contributed by atoms with Gasteiger partial charge in [-0.1, -0.05) is 48.5 Å². The molecule has 0 atom stereocenters. The van der Waals surface area contributed by atoms with E-state index in [1.54, 1.807) is 14.2 Å². The molecular formula is C25H24N4O2S. The number of ether oxygens (including phenoxy) is 2. The molecule has 32 heavy (non-hydrogen) atoms.